The highest BCUT2D eigenvalue weighted by molar-refractivity contribution is 5.40. The smallest absolute Gasteiger partial charge is 0.0415 e. The third-order valence-corrected chi connectivity index (χ3v) is 5.08. The minimum absolute atomic E-state index is 0.103. The van der Waals surface area contributed by atoms with E-state index < -0.39 is 0 Å². The number of rotatable bonds is 1. The van der Waals surface area contributed by atoms with Crippen LogP contribution >= 0.6 is 0 Å². The predicted molar refractivity (Wildman–Crippen MR) is 78.7 cm³/mol. The number of benzene rings is 1. The third kappa shape index (κ3) is 2.33. The summed E-state index contributed by atoms with van der Waals surface area (Å²) >= 11 is 0. The fourth-order valence-corrected chi connectivity index (χ4v) is 3.39. The number of hydrogen-bond donors (Lipinski definition) is 1. The second-order valence-corrected chi connectivity index (χ2v) is 6.60. The molecule has 0 spiro atoms. The molecular formula is C17H27N. The van der Waals surface area contributed by atoms with Gasteiger partial charge in [-0.05, 0) is 74.1 Å². The van der Waals surface area contributed by atoms with E-state index in [1.165, 1.54) is 28.7 Å². The van der Waals surface area contributed by atoms with E-state index in [1.807, 2.05) is 0 Å². The predicted octanol–water partition coefficient (Wildman–Crippen LogP) is 4.22. The van der Waals surface area contributed by atoms with Crippen molar-refractivity contribution in [3.63, 3.8) is 0 Å². The molecular weight excluding hydrogens is 218 g/mol. The Morgan fingerprint density at radius 1 is 1.00 bits per heavy atom. The Bertz CT molecular complexity index is 449. The van der Waals surface area contributed by atoms with Crippen molar-refractivity contribution in [2.45, 2.75) is 59.4 Å². The molecule has 1 heteroatoms. The zero-order valence-corrected chi connectivity index (χ0v) is 12.5. The summed E-state index contributed by atoms with van der Waals surface area (Å²) in [6, 6.07) is 4.62. The molecule has 2 N–H and O–H groups in total. The second-order valence-electron chi connectivity index (χ2n) is 6.60. The van der Waals surface area contributed by atoms with Crippen LogP contribution in [0.4, 0.5) is 0 Å². The second kappa shape index (κ2) is 4.70. The summed E-state index contributed by atoms with van der Waals surface area (Å²) in [4.78, 5) is 0. The molecule has 0 aromatic heterocycles. The summed E-state index contributed by atoms with van der Waals surface area (Å²) in [6.07, 6.45) is 3.50. The van der Waals surface area contributed by atoms with Crippen molar-refractivity contribution in [2.24, 2.45) is 17.6 Å². The van der Waals surface area contributed by atoms with Gasteiger partial charge in [0.05, 0.1) is 0 Å². The highest BCUT2D eigenvalue weighted by Crippen LogP contribution is 2.42. The molecule has 0 amide bonds. The van der Waals surface area contributed by atoms with E-state index in [0.29, 0.717) is 0 Å². The van der Waals surface area contributed by atoms with Crippen LogP contribution in [0.25, 0.3) is 0 Å². The van der Waals surface area contributed by atoms with Gasteiger partial charge < -0.3 is 5.73 Å². The lowest BCUT2D eigenvalue weighted by atomic mass is 9.68. The minimum atomic E-state index is -0.103. The summed E-state index contributed by atoms with van der Waals surface area (Å²) in [5.41, 5.74) is 12.1. The fourth-order valence-electron chi connectivity index (χ4n) is 3.39. The third-order valence-electron chi connectivity index (χ3n) is 5.08. The molecule has 1 aliphatic carbocycles. The molecule has 3 unspecified atom stereocenters. The molecule has 0 radical (unpaired) electrons. The fraction of sp³-hybridized carbons (Fsp3) is 0.647. The molecule has 0 heterocycles. The lowest BCUT2D eigenvalue weighted by Gasteiger charge is -2.41. The zero-order chi connectivity index (χ0) is 13.5. The average molecular weight is 245 g/mol. The Morgan fingerprint density at radius 2 is 1.61 bits per heavy atom. The Labute approximate surface area is 112 Å². The van der Waals surface area contributed by atoms with Gasteiger partial charge in [-0.2, -0.15) is 0 Å². The SMILES string of the molecule is Cc1cc(C)c(C2(N)CCC(C)C(C)C2)cc1C. The topological polar surface area (TPSA) is 26.0 Å². The molecule has 0 bridgehead atoms. The standard InChI is InChI=1S/C17H27N/c1-11-6-7-17(18,10-15(11)5)16-9-13(3)12(2)8-14(16)4/h8-9,11,15H,6-7,10,18H2,1-5H3. The molecule has 0 aliphatic heterocycles. The van der Waals surface area contributed by atoms with Gasteiger partial charge >= 0.3 is 0 Å². The van der Waals surface area contributed by atoms with E-state index in [1.54, 1.807) is 0 Å². The van der Waals surface area contributed by atoms with Gasteiger partial charge in [0, 0.05) is 5.54 Å². The van der Waals surface area contributed by atoms with Gasteiger partial charge in [0.15, 0.2) is 0 Å². The highest BCUT2D eigenvalue weighted by Gasteiger charge is 2.36. The Hall–Kier alpha value is -0.820. The Kier molecular flexibility index (Phi) is 3.55. The van der Waals surface area contributed by atoms with Crippen LogP contribution in [-0.4, -0.2) is 0 Å². The van der Waals surface area contributed by atoms with Crippen LogP contribution in [0.5, 0.6) is 0 Å². The van der Waals surface area contributed by atoms with Crippen LogP contribution in [0, 0.1) is 32.6 Å². The van der Waals surface area contributed by atoms with E-state index in [0.717, 1.165) is 24.7 Å². The van der Waals surface area contributed by atoms with Gasteiger partial charge in [0.25, 0.3) is 0 Å². The van der Waals surface area contributed by atoms with E-state index in [2.05, 4.69) is 46.8 Å². The van der Waals surface area contributed by atoms with Gasteiger partial charge in [0.2, 0.25) is 0 Å². The van der Waals surface area contributed by atoms with Crippen LogP contribution in [0.3, 0.4) is 0 Å². The van der Waals surface area contributed by atoms with Crippen molar-refractivity contribution in [2.75, 3.05) is 0 Å². The first-order valence-corrected chi connectivity index (χ1v) is 7.21. The Balaban J connectivity index is 2.39. The van der Waals surface area contributed by atoms with E-state index in [-0.39, 0.29) is 5.54 Å². The van der Waals surface area contributed by atoms with Crippen LogP contribution in [0.2, 0.25) is 0 Å². The molecule has 1 aromatic carbocycles. The first-order valence-electron chi connectivity index (χ1n) is 7.21. The summed E-state index contributed by atoms with van der Waals surface area (Å²) in [5.74, 6) is 1.54. The van der Waals surface area contributed by atoms with E-state index >= 15 is 0 Å². The molecule has 18 heavy (non-hydrogen) atoms. The van der Waals surface area contributed by atoms with Gasteiger partial charge in [-0.25, -0.2) is 0 Å². The van der Waals surface area contributed by atoms with Crippen LogP contribution in [0.15, 0.2) is 12.1 Å². The molecule has 0 saturated heterocycles. The summed E-state index contributed by atoms with van der Waals surface area (Å²) in [5, 5.41) is 0. The first-order chi connectivity index (χ1) is 8.33. The highest BCUT2D eigenvalue weighted by atomic mass is 14.8. The average Bonchev–Trinajstić information content (AvgIpc) is 2.29. The molecule has 3 atom stereocenters. The van der Waals surface area contributed by atoms with Crippen molar-refractivity contribution in [1.29, 1.82) is 0 Å². The summed E-state index contributed by atoms with van der Waals surface area (Å²) in [7, 11) is 0. The van der Waals surface area contributed by atoms with Crippen molar-refractivity contribution < 1.29 is 0 Å². The molecule has 1 saturated carbocycles. The first kappa shape index (κ1) is 13.6. The maximum atomic E-state index is 6.75. The number of nitrogens with two attached hydrogens (primary N) is 1. The molecule has 100 valence electrons. The lowest BCUT2D eigenvalue weighted by molar-refractivity contribution is 0.176. The monoisotopic (exact) mass is 245 g/mol. The van der Waals surface area contributed by atoms with E-state index in [9.17, 15) is 0 Å². The van der Waals surface area contributed by atoms with Crippen LogP contribution in [0.1, 0.15) is 55.4 Å². The summed E-state index contributed by atoms with van der Waals surface area (Å²) in [6.45, 7) is 11.3. The Morgan fingerprint density at radius 3 is 2.22 bits per heavy atom. The van der Waals surface area contributed by atoms with Crippen LogP contribution in [-0.2, 0) is 5.54 Å². The largest absolute Gasteiger partial charge is 0.321 e. The molecule has 1 nitrogen and oxygen atoms in total. The maximum absolute atomic E-state index is 6.75. The van der Waals surface area contributed by atoms with Crippen LogP contribution < -0.4 is 5.73 Å². The van der Waals surface area contributed by atoms with Gasteiger partial charge in [0.1, 0.15) is 0 Å². The quantitative estimate of drug-likeness (QED) is 0.787. The maximum Gasteiger partial charge on any atom is 0.0415 e. The molecule has 1 aliphatic rings. The summed E-state index contributed by atoms with van der Waals surface area (Å²) < 4.78 is 0. The van der Waals surface area contributed by atoms with E-state index in [4.69, 9.17) is 5.73 Å². The van der Waals surface area contributed by atoms with Gasteiger partial charge in [-0.3, -0.25) is 0 Å². The number of aryl methyl sites for hydroxylation is 3. The van der Waals surface area contributed by atoms with Crippen molar-refractivity contribution in [3.05, 3.63) is 34.4 Å². The molecule has 1 fully saturated rings. The van der Waals surface area contributed by atoms with Gasteiger partial charge in [-0.1, -0.05) is 26.0 Å². The number of hydrogen-bond acceptors (Lipinski definition) is 1. The lowest BCUT2D eigenvalue weighted by Crippen LogP contribution is -2.43. The van der Waals surface area contributed by atoms with Crippen molar-refractivity contribution in [3.8, 4) is 0 Å². The molecule has 1 aromatic rings. The zero-order valence-electron chi connectivity index (χ0n) is 12.5. The normalized spacial score (nSPS) is 32.6. The van der Waals surface area contributed by atoms with Crippen molar-refractivity contribution in [1.82, 2.24) is 0 Å². The van der Waals surface area contributed by atoms with Crippen molar-refractivity contribution >= 4 is 0 Å². The molecule has 2 rings (SSSR count). The van der Waals surface area contributed by atoms with Gasteiger partial charge in [-0.15, -0.1) is 0 Å². The minimum Gasteiger partial charge on any atom is -0.321 e.